The molecule has 0 aromatic rings. The first-order valence-electron chi connectivity index (χ1n) is 9.02. The second kappa shape index (κ2) is 12.2. The van der Waals surface area contributed by atoms with Gasteiger partial charge >= 0.3 is 31.6 Å². The molecule has 0 aliphatic carbocycles. The molecule has 15 nitrogen and oxygen atoms in total. The van der Waals surface area contributed by atoms with Crippen LogP contribution in [0.25, 0.3) is 0 Å². The third-order valence-electron chi connectivity index (χ3n) is 3.71. The monoisotopic (exact) mass is 487 g/mol. The number of rotatable bonds is 10. The maximum Gasteiger partial charge on any atom is 0.455 e. The second-order valence-electron chi connectivity index (χ2n) is 6.27. The molecule has 1 rings (SSSR count). The van der Waals surface area contributed by atoms with Crippen LogP contribution in [-0.4, -0.2) is 85.3 Å². The van der Waals surface area contributed by atoms with Gasteiger partial charge in [-0.15, -0.1) is 0 Å². The molecule has 0 aromatic heterocycles. The maximum absolute atomic E-state index is 12.5. The van der Waals surface area contributed by atoms with Crippen LogP contribution in [0, 0.1) is 0 Å². The van der Waals surface area contributed by atoms with Gasteiger partial charge in [-0.05, 0) is 0 Å². The zero-order valence-corrected chi connectivity index (χ0v) is 19.1. The molecule has 1 fully saturated rings. The number of carbonyl (C=O) groups excluding carboxylic acids is 4. The Morgan fingerprint density at radius 1 is 0.844 bits per heavy atom. The Morgan fingerprint density at radius 3 is 1.75 bits per heavy atom. The minimum Gasteiger partial charge on any atom is -0.463 e. The fourth-order valence-corrected chi connectivity index (χ4v) is 3.66. The summed E-state index contributed by atoms with van der Waals surface area (Å²) in [5, 5.41) is 0. The first-order valence-corrected chi connectivity index (χ1v) is 10.6. The van der Waals surface area contributed by atoms with Crippen molar-refractivity contribution in [2.75, 3.05) is 20.8 Å². The van der Waals surface area contributed by atoms with Gasteiger partial charge in [-0.1, -0.05) is 0 Å². The molecule has 1 aliphatic rings. The Hall–Kier alpha value is -2.13. The van der Waals surface area contributed by atoms with Crippen molar-refractivity contribution in [3.05, 3.63) is 0 Å². The van der Waals surface area contributed by atoms with Crippen molar-refractivity contribution in [2.24, 2.45) is 0 Å². The van der Waals surface area contributed by atoms with Crippen LogP contribution in [0.5, 0.6) is 0 Å². The van der Waals surface area contributed by atoms with E-state index in [9.17, 15) is 28.6 Å². The molecule has 1 aliphatic heterocycles. The highest BCUT2D eigenvalue weighted by Crippen LogP contribution is 2.49. The Bertz CT molecular complexity index is 740. The van der Waals surface area contributed by atoms with Crippen molar-refractivity contribution >= 4 is 31.6 Å². The van der Waals surface area contributed by atoms with E-state index in [0.717, 1.165) is 41.9 Å². The molecule has 0 radical (unpaired) electrons. The molecule has 0 amide bonds. The summed E-state index contributed by atoms with van der Waals surface area (Å²) in [5.41, 5.74) is 0. The number of ether oxygens (including phenoxy) is 5. The molecule has 1 heterocycles. The number of nitrogens with zero attached hydrogens (tertiary/aromatic N) is 1. The quantitative estimate of drug-likeness (QED) is 0.182. The van der Waals surface area contributed by atoms with Crippen LogP contribution in [0.15, 0.2) is 0 Å². The van der Waals surface area contributed by atoms with E-state index in [0.29, 0.717) is 0 Å². The predicted molar refractivity (Wildman–Crippen MR) is 98.7 cm³/mol. The molecule has 16 heteroatoms. The summed E-state index contributed by atoms with van der Waals surface area (Å²) in [5.74, 6) is -3.34. The SMILES string of the molecule is CON(OC)P(=O)(O)OC1O[C@H](COC(C)=O)[C@@H](OC(C)=O)[C@H](OC(C)=O)[C@H]1OC(C)=O. The number of hydrogen-bond acceptors (Lipinski definition) is 13. The fourth-order valence-electron chi connectivity index (χ4n) is 2.73. The molecule has 2 unspecified atom stereocenters. The smallest absolute Gasteiger partial charge is 0.455 e. The van der Waals surface area contributed by atoms with Gasteiger partial charge in [-0.25, -0.2) is 4.57 Å². The van der Waals surface area contributed by atoms with Gasteiger partial charge in [0.05, 0.1) is 14.2 Å². The van der Waals surface area contributed by atoms with Gasteiger partial charge in [0.15, 0.2) is 18.3 Å². The molecular formula is C16H26NO14P. The van der Waals surface area contributed by atoms with Crippen LogP contribution in [0.2, 0.25) is 0 Å². The molecule has 6 atom stereocenters. The van der Waals surface area contributed by atoms with Crippen molar-refractivity contribution in [3.8, 4) is 0 Å². The lowest BCUT2D eigenvalue weighted by molar-refractivity contribution is -0.313. The lowest BCUT2D eigenvalue weighted by Crippen LogP contribution is -2.62. The lowest BCUT2D eigenvalue weighted by Gasteiger charge is -2.44. The molecule has 0 bridgehead atoms. The predicted octanol–water partition coefficient (Wildman–Crippen LogP) is -0.389. The minimum absolute atomic E-state index is 0.112. The molecule has 1 saturated heterocycles. The summed E-state index contributed by atoms with van der Waals surface area (Å²) in [6, 6.07) is 0. The van der Waals surface area contributed by atoms with Gasteiger partial charge in [-0.3, -0.25) is 33.4 Å². The third-order valence-corrected chi connectivity index (χ3v) is 4.93. The Kier molecular flexibility index (Phi) is 10.6. The van der Waals surface area contributed by atoms with E-state index >= 15 is 0 Å². The van der Waals surface area contributed by atoms with Crippen LogP contribution in [0.4, 0.5) is 0 Å². The normalized spacial score (nSPS) is 27.2. The van der Waals surface area contributed by atoms with Crippen LogP contribution < -0.4 is 0 Å². The zero-order chi connectivity index (χ0) is 24.6. The molecular weight excluding hydrogens is 461 g/mol. The van der Waals surface area contributed by atoms with E-state index in [1.165, 1.54) is 0 Å². The van der Waals surface area contributed by atoms with Gasteiger partial charge < -0.3 is 28.6 Å². The minimum atomic E-state index is -4.91. The Labute approximate surface area is 183 Å². The highest BCUT2D eigenvalue weighted by Gasteiger charge is 2.55. The largest absolute Gasteiger partial charge is 0.463 e. The summed E-state index contributed by atoms with van der Waals surface area (Å²) < 4.78 is 43.4. The number of esters is 4. The summed E-state index contributed by atoms with van der Waals surface area (Å²) in [6.45, 7) is 3.64. The first kappa shape index (κ1) is 27.9. The van der Waals surface area contributed by atoms with Crippen molar-refractivity contribution in [1.29, 1.82) is 0 Å². The van der Waals surface area contributed by atoms with E-state index in [1.54, 1.807) is 0 Å². The van der Waals surface area contributed by atoms with Gasteiger partial charge in [0, 0.05) is 32.7 Å². The van der Waals surface area contributed by atoms with Gasteiger partial charge in [0.1, 0.15) is 12.7 Å². The van der Waals surface area contributed by atoms with E-state index < -0.39 is 68.9 Å². The molecule has 0 saturated carbocycles. The van der Waals surface area contributed by atoms with Crippen LogP contribution in [0.3, 0.4) is 0 Å². The molecule has 1 N–H and O–H groups in total. The van der Waals surface area contributed by atoms with Crippen molar-refractivity contribution in [1.82, 2.24) is 5.00 Å². The lowest BCUT2D eigenvalue weighted by atomic mass is 9.98. The van der Waals surface area contributed by atoms with Crippen LogP contribution >= 0.6 is 7.75 Å². The fraction of sp³-hybridized carbons (Fsp3) is 0.750. The van der Waals surface area contributed by atoms with E-state index in [2.05, 4.69) is 9.68 Å². The average Bonchev–Trinajstić information content (AvgIpc) is 2.64. The van der Waals surface area contributed by atoms with E-state index in [4.69, 9.17) is 28.2 Å². The van der Waals surface area contributed by atoms with Crippen molar-refractivity contribution in [2.45, 2.75) is 58.4 Å². The molecule has 0 spiro atoms. The van der Waals surface area contributed by atoms with E-state index in [-0.39, 0.29) is 5.00 Å². The number of carbonyl (C=O) groups is 4. The van der Waals surface area contributed by atoms with Crippen LogP contribution in [0.1, 0.15) is 27.7 Å². The molecule has 0 aromatic carbocycles. The third kappa shape index (κ3) is 8.09. The molecule has 184 valence electrons. The number of hydrogen-bond donors (Lipinski definition) is 1. The van der Waals surface area contributed by atoms with Crippen LogP contribution in [-0.2, 0) is 61.6 Å². The van der Waals surface area contributed by atoms with Gasteiger partial charge in [0.2, 0.25) is 6.29 Å². The Morgan fingerprint density at radius 2 is 1.31 bits per heavy atom. The summed E-state index contributed by atoms with van der Waals surface area (Å²) in [7, 11) is -2.90. The topological polar surface area (TPSA) is 183 Å². The van der Waals surface area contributed by atoms with E-state index in [1.807, 2.05) is 0 Å². The highest BCUT2D eigenvalue weighted by atomic mass is 31.2. The molecule has 32 heavy (non-hydrogen) atoms. The second-order valence-corrected chi connectivity index (χ2v) is 7.79. The zero-order valence-electron chi connectivity index (χ0n) is 18.2. The maximum atomic E-state index is 12.5. The standard InChI is InChI=1S/C16H26NO14P/c1-8(18)26-7-12-13(27-9(2)19)14(28-10(3)20)15(29-11(4)21)16(30-12)31-32(22,23)17(24-5)25-6/h12-16H,7H2,1-6H3,(H,22,23)/t12-,13-,14+,15-,16?/m1/s1. The van der Waals surface area contributed by atoms with Gasteiger partial charge in [-0.2, -0.15) is 0 Å². The van der Waals surface area contributed by atoms with Crippen molar-refractivity contribution < 1.29 is 66.5 Å². The summed E-state index contributed by atoms with van der Waals surface area (Å²) in [4.78, 5) is 65.8. The average molecular weight is 487 g/mol. The van der Waals surface area contributed by atoms with Gasteiger partial charge in [0.25, 0.3) is 0 Å². The Balaban J connectivity index is 3.44. The van der Waals surface area contributed by atoms with Crippen molar-refractivity contribution in [3.63, 3.8) is 0 Å². The summed E-state index contributed by atoms with van der Waals surface area (Å²) in [6.07, 6.45) is -7.95. The first-order chi connectivity index (χ1) is 14.8. The summed E-state index contributed by atoms with van der Waals surface area (Å²) >= 11 is 0. The highest BCUT2D eigenvalue weighted by molar-refractivity contribution is 7.49.